The topological polar surface area (TPSA) is 116 Å². The van der Waals surface area contributed by atoms with Gasteiger partial charge in [-0.3, -0.25) is 0 Å². The molecule has 1 unspecified atom stereocenters. The van der Waals surface area contributed by atoms with Gasteiger partial charge in [-0.15, -0.1) is 0 Å². The molecule has 5 rings (SSSR count). The minimum absolute atomic E-state index is 0.316. The van der Waals surface area contributed by atoms with Crippen molar-refractivity contribution in [2.45, 2.75) is 62.3 Å². The highest BCUT2D eigenvalue weighted by Crippen LogP contribution is 2.52. The number of carboxylic acids is 1. The lowest BCUT2D eigenvalue weighted by molar-refractivity contribution is -0.229. The van der Waals surface area contributed by atoms with Gasteiger partial charge < -0.3 is 29.9 Å². The second kappa shape index (κ2) is 8.89. The summed E-state index contributed by atoms with van der Waals surface area (Å²) in [5, 5.41) is 40.2. The summed E-state index contributed by atoms with van der Waals surface area (Å²) >= 11 is 6.40. The Morgan fingerprint density at radius 2 is 1.67 bits per heavy atom. The number of carbonyl (C=O) groups is 1. The Kier molecular flexibility index (Phi) is 6.09. The van der Waals surface area contributed by atoms with Gasteiger partial charge in [-0.2, -0.15) is 0 Å². The van der Waals surface area contributed by atoms with Crippen molar-refractivity contribution >= 4 is 17.6 Å². The normalized spacial score (nSPS) is 35.2. The van der Waals surface area contributed by atoms with Gasteiger partial charge in [-0.25, -0.2) is 4.79 Å². The maximum atomic E-state index is 11.4. The zero-order valence-corrected chi connectivity index (χ0v) is 18.6. The Labute approximate surface area is 196 Å². The van der Waals surface area contributed by atoms with Crippen LogP contribution >= 0.6 is 11.6 Å². The van der Waals surface area contributed by atoms with E-state index in [-0.39, 0.29) is 0 Å². The van der Waals surface area contributed by atoms with Gasteiger partial charge in [-0.05, 0) is 72.4 Å². The van der Waals surface area contributed by atoms with Crippen LogP contribution in [0.2, 0.25) is 5.02 Å². The Morgan fingerprint density at radius 1 is 0.970 bits per heavy atom. The average molecular weight is 475 g/mol. The molecule has 8 heteroatoms. The van der Waals surface area contributed by atoms with Crippen LogP contribution in [0.15, 0.2) is 42.5 Å². The van der Waals surface area contributed by atoms with Gasteiger partial charge in [0.2, 0.25) is 0 Å². The minimum Gasteiger partial charge on any atom is -0.490 e. The lowest BCUT2D eigenvalue weighted by atomic mass is 9.90. The third-order valence-corrected chi connectivity index (χ3v) is 7.44. The van der Waals surface area contributed by atoms with Gasteiger partial charge in [0.05, 0.1) is 6.10 Å². The van der Waals surface area contributed by atoms with Crippen molar-refractivity contribution < 1.29 is 34.7 Å². The molecule has 1 saturated heterocycles. The van der Waals surface area contributed by atoms with Crippen molar-refractivity contribution in [1.82, 2.24) is 0 Å². The summed E-state index contributed by atoms with van der Waals surface area (Å²) in [6.07, 6.45) is -3.14. The molecule has 176 valence electrons. The number of ether oxygens (including phenoxy) is 2. The third-order valence-electron chi connectivity index (χ3n) is 7.08. The van der Waals surface area contributed by atoms with Crippen LogP contribution in [-0.4, -0.2) is 56.9 Å². The van der Waals surface area contributed by atoms with Gasteiger partial charge in [0.15, 0.2) is 6.10 Å². The molecule has 4 N–H and O–H groups in total. The van der Waals surface area contributed by atoms with E-state index >= 15 is 0 Å². The lowest BCUT2D eigenvalue weighted by Gasteiger charge is -2.39. The van der Waals surface area contributed by atoms with Crippen LogP contribution in [0.4, 0.5) is 0 Å². The molecular weight excluding hydrogens is 448 g/mol. The Morgan fingerprint density at radius 3 is 2.33 bits per heavy atom. The Balaban J connectivity index is 1.29. The van der Waals surface area contributed by atoms with E-state index in [1.165, 1.54) is 6.42 Å². The Bertz CT molecular complexity index is 1020. The lowest BCUT2D eigenvalue weighted by Crippen LogP contribution is -2.56. The summed E-state index contributed by atoms with van der Waals surface area (Å²) in [6, 6.07) is 12.9. The molecule has 7 nitrogen and oxygen atoms in total. The van der Waals surface area contributed by atoms with E-state index in [1.807, 2.05) is 24.3 Å². The number of aliphatic hydroxyl groups excluding tert-OH is 3. The number of carboxylic acid groups (broad SMARTS) is 1. The molecule has 0 aromatic heterocycles. The van der Waals surface area contributed by atoms with Crippen molar-refractivity contribution in [2.24, 2.45) is 11.8 Å². The van der Waals surface area contributed by atoms with Crippen LogP contribution in [0, 0.1) is 11.8 Å². The molecule has 33 heavy (non-hydrogen) atoms. The molecule has 2 aliphatic carbocycles. The maximum Gasteiger partial charge on any atom is 0.335 e. The SMILES string of the molecule is O=C(O)[C@H]1O[C@@H](c2ccc(Cl)c(Cc3ccc(OC4C[C@@H]5C[C@@H]5C4)cc3)c2)[C@H](O)[C@@H](O)[C@@H]1O. The molecular formula is C25H27ClO7. The van der Waals surface area contributed by atoms with E-state index in [2.05, 4.69) is 0 Å². The fourth-order valence-corrected chi connectivity index (χ4v) is 5.30. The summed E-state index contributed by atoms with van der Waals surface area (Å²) in [5.41, 5.74) is 2.25. The minimum atomic E-state index is -1.73. The highest BCUT2D eigenvalue weighted by atomic mass is 35.5. The molecule has 2 saturated carbocycles. The number of aliphatic carboxylic acids is 1. The fourth-order valence-electron chi connectivity index (χ4n) is 5.12. The largest absolute Gasteiger partial charge is 0.490 e. The first kappa shape index (κ1) is 22.6. The fraction of sp³-hybridized carbons (Fsp3) is 0.480. The van der Waals surface area contributed by atoms with Crippen LogP contribution in [0.3, 0.4) is 0 Å². The maximum absolute atomic E-state index is 11.4. The van der Waals surface area contributed by atoms with Crippen LogP contribution in [0.25, 0.3) is 0 Å². The first-order valence-corrected chi connectivity index (χ1v) is 11.6. The van der Waals surface area contributed by atoms with Gasteiger partial charge in [0, 0.05) is 5.02 Å². The molecule has 3 aliphatic rings. The molecule has 2 aromatic carbocycles. The summed E-state index contributed by atoms with van der Waals surface area (Å²) < 4.78 is 11.5. The van der Waals surface area contributed by atoms with Gasteiger partial charge in [0.25, 0.3) is 0 Å². The average Bonchev–Trinajstić information content (AvgIpc) is 3.40. The van der Waals surface area contributed by atoms with E-state index < -0.39 is 36.5 Å². The van der Waals surface area contributed by atoms with Crippen molar-refractivity contribution in [1.29, 1.82) is 0 Å². The number of fused-ring (bicyclic) bond motifs is 1. The van der Waals surface area contributed by atoms with Crippen molar-refractivity contribution in [3.63, 3.8) is 0 Å². The molecule has 2 aromatic rings. The number of hydrogen-bond acceptors (Lipinski definition) is 6. The van der Waals surface area contributed by atoms with Crippen LogP contribution in [-0.2, 0) is 16.0 Å². The van der Waals surface area contributed by atoms with E-state index in [0.717, 1.165) is 41.6 Å². The molecule has 0 amide bonds. The van der Waals surface area contributed by atoms with E-state index in [9.17, 15) is 25.2 Å². The first-order valence-electron chi connectivity index (χ1n) is 11.3. The first-order chi connectivity index (χ1) is 15.8. The summed E-state index contributed by atoms with van der Waals surface area (Å²) in [7, 11) is 0. The van der Waals surface area contributed by atoms with Gasteiger partial charge >= 0.3 is 5.97 Å². The molecule has 3 fully saturated rings. The van der Waals surface area contributed by atoms with E-state index in [4.69, 9.17) is 21.1 Å². The second-order valence-electron chi connectivity index (χ2n) is 9.43. The van der Waals surface area contributed by atoms with Gasteiger partial charge in [0.1, 0.15) is 30.2 Å². The highest BCUT2D eigenvalue weighted by molar-refractivity contribution is 6.31. The summed E-state index contributed by atoms with van der Waals surface area (Å²) in [4.78, 5) is 11.4. The van der Waals surface area contributed by atoms with Crippen LogP contribution in [0.1, 0.15) is 42.1 Å². The van der Waals surface area contributed by atoms with Crippen LogP contribution < -0.4 is 4.74 Å². The summed E-state index contributed by atoms with van der Waals surface area (Å²) in [5.74, 6) is 1.18. The zero-order chi connectivity index (χ0) is 23.3. The molecule has 0 bridgehead atoms. The van der Waals surface area contributed by atoms with E-state index in [1.54, 1.807) is 18.2 Å². The number of benzene rings is 2. The Hall–Kier alpha value is -2.16. The van der Waals surface area contributed by atoms with Crippen LogP contribution in [0.5, 0.6) is 5.75 Å². The quantitative estimate of drug-likeness (QED) is 0.508. The molecule has 0 radical (unpaired) electrons. The third kappa shape index (κ3) is 4.61. The molecule has 8 atom stereocenters. The second-order valence-corrected chi connectivity index (χ2v) is 9.83. The molecule has 1 aliphatic heterocycles. The number of aliphatic hydroxyl groups is 3. The number of halogens is 1. The monoisotopic (exact) mass is 474 g/mol. The zero-order valence-electron chi connectivity index (χ0n) is 17.9. The van der Waals surface area contributed by atoms with Crippen molar-refractivity contribution in [3.8, 4) is 5.75 Å². The van der Waals surface area contributed by atoms with Crippen molar-refractivity contribution in [2.75, 3.05) is 0 Å². The predicted octanol–water partition coefficient (Wildman–Crippen LogP) is 2.72. The molecule has 0 spiro atoms. The number of rotatable bonds is 6. The van der Waals surface area contributed by atoms with Gasteiger partial charge in [-0.1, -0.05) is 35.9 Å². The predicted molar refractivity (Wildman–Crippen MR) is 119 cm³/mol. The standard InChI is InChI=1S/C25H27ClO7/c26-19-6-3-13(23-21(28)20(27)22(29)24(33-23)25(30)31)8-16(19)7-12-1-4-17(5-2-12)32-18-10-14-9-15(14)11-18/h1-6,8,14-15,18,20-24,27-29H,7,9-11H2,(H,30,31)/t14-,15+,18?,20-,21-,22+,23+,24+/m1/s1. The van der Waals surface area contributed by atoms with E-state index in [0.29, 0.717) is 23.1 Å². The molecule has 1 heterocycles. The number of hydrogen-bond donors (Lipinski definition) is 4. The summed E-state index contributed by atoms with van der Waals surface area (Å²) in [6.45, 7) is 0. The van der Waals surface area contributed by atoms with Crippen molar-refractivity contribution in [3.05, 3.63) is 64.2 Å². The smallest absolute Gasteiger partial charge is 0.335 e. The highest BCUT2D eigenvalue weighted by Gasteiger charge is 2.48.